The number of carbonyl (C=O) groups excluding carboxylic acids is 1. The van der Waals surface area contributed by atoms with Crippen LogP contribution in [-0.4, -0.2) is 37.0 Å². The molecular weight excluding hydrogens is 328 g/mol. The molecular formula is C17H27BrN2O. The lowest BCUT2D eigenvalue weighted by molar-refractivity contribution is 0.0952. The van der Waals surface area contributed by atoms with Gasteiger partial charge in [-0.1, -0.05) is 29.8 Å². The van der Waals surface area contributed by atoms with Crippen molar-refractivity contribution in [2.24, 2.45) is 0 Å². The largest absolute Gasteiger partial charge is 0.352 e. The molecule has 1 N–H and O–H groups in total. The maximum atomic E-state index is 11.9. The average molecular weight is 355 g/mol. The summed E-state index contributed by atoms with van der Waals surface area (Å²) in [6, 6.07) is 7.46. The van der Waals surface area contributed by atoms with Crippen LogP contribution in [0.25, 0.3) is 0 Å². The van der Waals surface area contributed by atoms with Crippen LogP contribution in [0.4, 0.5) is 0 Å². The van der Waals surface area contributed by atoms with Crippen LogP contribution in [0, 0.1) is 0 Å². The third-order valence-electron chi connectivity index (χ3n) is 3.37. The van der Waals surface area contributed by atoms with E-state index in [0.717, 1.165) is 36.0 Å². The van der Waals surface area contributed by atoms with Crippen LogP contribution in [0.15, 0.2) is 28.7 Å². The van der Waals surface area contributed by atoms with Crippen molar-refractivity contribution < 1.29 is 4.79 Å². The smallest absolute Gasteiger partial charge is 0.251 e. The summed E-state index contributed by atoms with van der Waals surface area (Å²) in [7, 11) is 0. The van der Waals surface area contributed by atoms with Crippen molar-refractivity contribution in [3.05, 3.63) is 34.3 Å². The van der Waals surface area contributed by atoms with Crippen molar-refractivity contribution in [1.29, 1.82) is 0 Å². The van der Waals surface area contributed by atoms with E-state index in [0.29, 0.717) is 0 Å². The van der Waals surface area contributed by atoms with Crippen molar-refractivity contribution in [2.45, 2.75) is 39.5 Å². The molecule has 0 aliphatic carbocycles. The van der Waals surface area contributed by atoms with E-state index in [1.807, 2.05) is 24.3 Å². The maximum Gasteiger partial charge on any atom is 0.251 e. The van der Waals surface area contributed by atoms with E-state index in [1.165, 1.54) is 25.9 Å². The van der Waals surface area contributed by atoms with Crippen LogP contribution < -0.4 is 5.32 Å². The van der Waals surface area contributed by atoms with Crippen LogP contribution in [-0.2, 0) is 0 Å². The maximum absolute atomic E-state index is 11.9. The van der Waals surface area contributed by atoms with E-state index in [9.17, 15) is 4.79 Å². The first kappa shape index (κ1) is 18.2. The van der Waals surface area contributed by atoms with Crippen molar-refractivity contribution >= 4 is 21.8 Å². The van der Waals surface area contributed by atoms with Gasteiger partial charge in [-0.3, -0.25) is 4.79 Å². The predicted octanol–water partition coefficient (Wildman–Crippen LogP) is 4.08. The number of hydrogen-bond acceptors (Lipinski definition) is 2. The number of halogens is 1. The Bertz CT molecular complexity index is 400. The fourth-order valence-corrected chi connectivity index (χ4v) is 2.60. The second-order valence-electron chi connectivity index (χ2n) is 5.31. The molecule has 0 atom stereocenters. The van der Waals surface area contributed by atoms with Gasteiger partial charge < -0.3 is 10.2 Å². The molecule has 0 unspecified atom stereocenters. The predicted molar refractivity (Wildman–Crippen MR) is 92.7 cm³/mol. The SMILES string of the molecule is CCCN(CCC)CCCCNC(=O)c1ccc(Br)cc1. The molecule has 0 heterocycles. The third-order valence-corrected chi connectivity index (χ3v) is 3.90. The van der Waals surface area contributed by atoms with Crippen molar-refractivity contribution in [2.75, 3.05) is 26.2 Å². The Labute approximate surface area is 137 Å². The normalized spacial score (nSPS) is 10.9. The summed E-state index contributed by atoms with van der Waals surface area (Å²) in [6.07, 6.45) is 4.59. The van der Waals surface area contributed by atoms with E-state index in [1.54, 1.807) is 0 Å². The molecule has 1 rings (SSSR count). The Morgan fingerprint density at radius 1 is 1.05 bits per heavy atom. The fourth-order valence-electron chi connectivity index (χ4n) is 2.33. The van der Waals surface area contributed by atoms with E-state index in [4.69, 9.17) is 0 Å². The summed E-state index contributed by atoms with van der Waals surface area (Å²) in [4.78, 5) is 14.4. The minimum atomic E-state index is 0.0153. The first-order chi connectivity index (χ1) is 10.2. The monoisotopic (exact) mass is 354 g/mol. The molecule has 0 aromatic heterocycles. The lowest BCUT2D eigenvalue weighted by Crippen LogP contribution is -2.28. The number of amides is 1. The second kappa shape index (κ2) is 10.8. The van der Waals surface area contributed by atoms with Crippen molar-refractivity contribution in [3.63, 3.8) is 0 Å². The highest BCUT2D eigenvalue weighted by Gasteiger charge is 2.05. The highest BCUT2D eigenvalue weighted by Crippen LogP contribution is 2.10. The Morgan fingerprint density at radius 2 is 1.67 bits per heavy atom. The zero-order valence-electron chi connectivity index (χ0n) is 13.2. The topological polar surface area (TPSA) is 32.3 Å². The fraction of sp³-hybridized carbons (Fsp3) is 0.588. The summed E-state index contributed by atoms with van der Waals surface area (Å²) >= 11 is 3.37. The summed E-state index contributed by atoms with van der Waals surface area (Å²) in [5.41, 5.74) is 0.719. The van der Waals surface area contributed by atoms with E-state index in [-0.39, 0.29) is 5.91 Å². The molecule has 3 nitrogen and oxygen atoms in total. The number of benzene rings is 1. The first-order valence-corrected chi connectivity index (χ1v) is 8.72. The van der Waals surface area contributed by atoms with Gasteiger partial charge in [0.25, 0.3) is 5.91 Å². The molecule has 0 spiro atoms. The van der Waals surface area contributed by atoms with Crippen LogP contribution in [0.5, 0.6) is 0 Å². The van der Waals surface area contributed by atoms with Crippen LogP contribution in [0.1, 0.15) is 49.9 Å². The summed E-state index contributed by atoms with van der Waals surface area (Å²) in [5.74, 6) is 0.0153. The molecule has 0 fully saturated rings. The van der Waals surface area contributed by atoms with Gasteiger partial charge in [0.05, 0.1) is 0 Å². The van der Waals surface area contributed by atoms with Gasteiger partial charge in [-0.05, 0) is 69.6 Å². The number of nitrogens with zero attached hydrogens (tertiary/aromatic N) is 1. The minimum absolute atomic E-state index is 0.0153. The van der Waals surface area contributed by atoms with Crippen molar-refractivity contribution in [1.82, 2.24) is 10.2 Å². The lowest BCUT2D eigenvalue weighted by Gasteiger charge is -2.20. The minimum Gasteiger partial charge on any atom is -0.352 e. The van der Waals surface area contributed by atoms with E-state index >= 15 is 0 Å². The van der Waals surface area contributed by atoms with E-state index < -0.39 is 0 Å². The summed E-state index contributed by atoms with van der Waals surface area (Å²) in [6.45, 7) is 8.69. The molecule has 1 aromatic carbocycles. The lowest BCUT2D eigenvalue weighted by atomic mass is 10.2. The molecule has 0 bridgehead atoms. The van der Waals surface area contributed by atoms with Gasteiger partial charge in [0.1, 0.15) is 0 Å². The van der Waals surface area contributed by atoms with Gasteiger partial charge in [0.15, 0.2) is 0 Å². The molecule has 0 aliphatic rings. The third kappa shape index (κ3) is 7.63. The van der Waals surface area contributed by atoms with Gasteiger partial charge in [-0.15, -0.1) is 0 Å². The Hall–Kier alpha value is -0.870. The number of nitrogens with one attached hydrogen (secondary N) is 1. The number of carbonyl (C=O) groups is 1. The van der Waals surface area contributed by atoms with Gasteiger partial charge in [-0.2, -0.15) is 0 Å². The van der Waals surface area contributed by atoms with Gasteiger partial charge in [0, 0.05) is 16.6 Å². The molecule has 0 aliphatic heterocycles. The second-order valence-corrected chi connectivity index (χ2v) is 6.23. The van der Waals surface area contributed by atoms with Crippen LogP contribution in [0.2, 0.25) is 0 Å². The van der Waals surface area contributed by atoms with Gasteiger partial charge >= 0.3 is 0 Å². The number of hydrogen-bond donors (Lipinski definition) is 1. The van der Waals surface area contributed by atoms with Gasteiger partial charge in [-0.25, -0.2) is 0 Å². The van der Waals surface area contributed by atoms with Crippen LogP contribution in [0.3, 0.4) is 0 Å². The average Bonchev–Trinajstić information content (AvgIpc) is 2.47. The van der Waals surface area contributed by atoms with Gasteiger partial charge in [0.2, 0.25) is 0 Å². The van der Waals surface area contributed by atoms with Crippen molar-refractivity contribution in [3.8, 4) is 0 Å². The highest BCUT2D eigenvalue weighted by atomic mass is 79.9. The van der Waals surface area contributed by atoms with Crippen LogP contribution >= 0.6 is 15.9 Å². The summed E-state index contributed by atoms with van der Waals surface area (Å²) < 4.78 is 0.992. The standard InChI is InChI=1S/C17H27BrN2O/c1-3-12-20(13-4-2)14-6-5-11-19-17(21)15-7-9-16(18)10-8-15/h7-10H,3-6,11-14H2,1-2H3,(H,19,21). The highest BCUT2D eigenvalue weighted by molar-refractivity contribution is 9.10. The first-order valence-electron chi connectivity index (χ1n) is 7.93. The molecule has 4 heteroatoms. The molecule has 118 valence electrons. The Morgan fingerprint density at radius 3 is 2.24 bits per heavy atom. The summed E-state index contributed by atoms with van der Waals surface area (Å²) in [5, 5.41) is 2.98. The molecule has 1 amide bonds. The quantitative estimate of drug-likeness (QED) is 0.642. The molecule has 0 radical (unpaired) electrons. The Kier molecular flexibility index (Phi) is 9.35. The molecule has 1 aromatic rings. The molecule has 0 saturated carbocycles. The zero-order valence-corrected chi connectivity index (χ0v) is 14.8. The number of unbranched alkanes of at least 4 members (excludes halogenated alkanes) is 1. The number of rotatable bonds is 10. The molecule has 21 heavy (non-hydrogen) atoms. The molecule has 0 saturated heterocycles. The van der Waals surface area contributed by atoms with E-state index in [2.05, 4.69) is 40.0 Å². The Balaban J connectivity index is 2.18. The zero-order chi connectivity index (χ0) is 15.5.